The van der Waals surface area contributed by atoms with Crippen molar-refractivity contribution < 1.29 is 9.53 Å². The maximum absolute atomic E-state index is 11.9. The normalized spacial score (nSPS) is 17.8. The molecule has 0 saturated heterocycles. The number of thiophene rings is 1. The predicted octanol–water partition coefficient (Wildman–Crippen LogP) is 1.45. The van der Waals surface area contributed by atoms with E-state index in [0.717, 1.165) is 17.0 Å². The Morgan fingerprint density at radius 1 is 1.65 bits per heavy atom. The van der Waals surface area contributed by atoms with E-state index < -0.39 is 0 Å². The summed E-state index contributed by atoms with van der Waals surface area (Å²) >= 11 is 1.60. The largest absolute Gasteiger partial charge is 0.370 e. The van der Waals surface area contributed by atoms with E-state index in [-0.39, 0.29) is 12.0 Å². The van der Waals surface area contributed by atoms with Crippen molar-refractivity contribution >= 4 is 17.2 Å². The van der Waals surface area contributed by atoms with Crippen LogP contribution in [-0.4, -0.2) is 28.8 Å². The second kappa shape index (κ2) is 5.76. The molecule has 1 N–H and O–H groups in total. The van der Waals surface area contributed by atoms with Gasteiger partial charge in [0.05, 0.1) is 18.7 Å². The lowest BCUT2D eigenvalue weighted by Crippen LogP contribution is -2.32. The molecular formula is C14H17N3O2S. The van der Waals surface area contributed by atoms with Crippen LogP contribution < -0.4 is 5.32 Å². The molecule has 0 unspecified atom stereocenters. The molecule has 1 atom stereocenters. The van der Waals surface area contributed by atoms with Crippen LogP contribution in [-0.2, 0) is 29.4 Å². The third-order valence-electron chi connectivity index (χ3n) is 3.33. The summed E-state index contributed by atoms with van der Waals surface area (Å²) in [6.07, 6.45) is 3.22. The second-order valence-electron chi connectivity index (χ2n) is 4.88. The highest BCUT2D eigenvalue weighted by Gasteiger charge is 2.24. The van der Waals surface area contributed by atoms with Gasteiger partial charge >= 0.3 is 0 Å². The fraction of sp³-hybridized carbons (Fsp3) is 0.429. The summed E-state index contributed by atoms with van der Waals surface area (Å²) in [5.41, 5.74) is 2.17. The summed E-state index contributed by atoms with van der Waals surface area (Å²) in [5.74, 6) is 0.0269. The Morgan fingerprint density at radius 2 is 2.55 bits per heavy atom. The molecule has 5 nitrogen and oxygen atoms in total. The Morgan fingerprint density at radius 3 is 3.35 bits per heavy atom. The van der Waals surface area contributed by atoms with Crippen LogP contribution in [0.25, 0.3) is 0 Å². The first-order chi connectivity index (χ1) is 9.72. The Bertz CT molecular complexity index is 592. The molecule has 106 valence electrons. The lowest BCUT2D eigenvalue weighted by Gasteiger charge is -2.22. The van der Waals surface area contributed by atoms with E-state index in [4.69, 9.17) is 4.74 Å². The molecule has 2 aromatic heterocycles. The molecule has 1 aliphatic rings. The van der Waals surface area contributed by atoms with Crippen LogP contribution in [0.1, 0.15) is 22.2 Å². The summed E-state index contributed by atoms with van der Waals surface area (Å²) in [5, 5.41) is 9.34. The minimum atomic E-state index is -0.132. The van der Waals surface area contributed by atoms with Crippen molar-refractivity contribution in [2.24, 2.45) is 7.05 Å². The SMILES string of the molecule is Cn1cc2c(n1)[C@@H](CNC(=O)Cc1cccs1)OCC2. The molecule has 1 amide bonds. The van der Waals surface area contributed by atoms with Crippen molar-refractivity contribution in [2.75, 3.05) is 13.2 Å². The highest BCUT2D eigenvalue weighted by atomic mass is 32.1. The van der Waals surface area contributed by atoms with Crippen molar-refractivity contribution in [2.45, 2.75) is 18.9 Å². The fourth-order valence-electron chi connectivity index (χ4n) is 2.40. The van der Waals surface area contributed by atoms with E-state index >= 15 is 0 Å². The van der Waals surface area contributed by atoms with Crippen LogP contribution in [0.4, 0.5) is 0 Å². The molecule has 1 aliphatic heterocycles. The third kappa shape index (κ3) is 2.91. The maximum Gasteiger partial charge on any atom is 0.225 e. The smallest absolute Gasteiger partial charge is 0.225 e. The summed E-state index contributed by atoms with van der Waals surface area (Å²) < 4.78 is 7.52. The summed E-state index contributed by atoms with van der Waals surface area (Å²) in [7, 11) is 1.91. The van der Waals surface area contributed by atoms with E-state index in [9.17, 15) is 4.79 Å². The van der Waals surface area contributed by atoms with Crippen LogP contribution >= 0.6 is 11.3 Å². The van der Waals surface area contributed by atoms with E-state index in [1.165, 1.54) is 5.56 Å². The van der Waals surface area contributed by atoms with Crippen molar-refractivity contribution in [3.8, 4) is 0 Å². The lowest BCUT2D eigenvalue weighted by atomic mass is 10.1. The summed E-state index contributed by atoms with van der Waals surface area (Å²) in [4.78, 5) is 13.0. The van der Waals surface area contributed by atoms with Gasteiger partial charge in [0.15, 0.2) is 0 Å². The first kappa shape index (κ1) is 13.3. The summed E-state index contributed by atoms with van der Waals surface area (Å²) in [6.45, 7) is 1.17. The molecule has 6 heteroatoms. The van der Waals surface area contributed by atoms with E-state index in [2.05, 4.69) is 10.4 Å². The van der Waals surface area contributed by atoms with Crippen molar-refractivity contribution in [3.05, 3.63) is 39.8 Å². The average molecular weight is 291 g/mol. The van der Waals surface area contributed by atoms with Crippen LogP contribution in [0.15, 0.2) is 23.7 Å². The van der Waals surface area contributed by atoms with Crippen LogP contribution in [0.5, 0.6) is 0 Å². The molecule has 2 aromatic rings. The number of ether oxygens (including phenoxy) is 1. The second-order valence-corrected chi connectivity index (χ2v) is 5.92. The van der Waals surface area contributed by atoms with Gasteiger partial charge in [-0.25, -0.2) is 0 Å². The monoisotopic (exact) mass is 291 g/mol. The van der Waals surface area contributed by atoms with Crippen LogP contribution in [0.3, 0.4) is 0 Å². The Kier molecular flexibility index (Phi) is 3.84. The molecule has 0 bridgehead atoms. The number of carbonyl (C=O) groups is 1. The highest BCUT2D eigenvalue weighted by molar-refractivity contribution is 7.10. The van der Waals surface area contributed by atoms with Gasteiger partial charge < -0.3 is 10.1 Å². The van der Waals surface area contributed by atoms with Gasteiger partial charge in [-0.2, -0.15) is 5.10 Å². The number of fused-ring (bicyclic) bond motifs is 1. The fourth-order valence-corrected chi connectivity index (χ4v) is 3.11. The maximum atomic E-state index is 11.9. The number of hydrogen-bond acceptors (Lipinski definition) is 4. The van der Waals surface area contributed by atoms with Gasteiger partial charge in [-0.3, -0.25) is 9.48 Å². The first-order valence-corrected chi connectivity index (χ1v) is 7.53. The van der Waals surface area contributed by atoms with Gasteiger partial charge in [0.1, 0.15) is 6.10 Å². The number of aryl methyl sites for hydroxylation is 1. The van der Waals surface area contributed by atoms with Gasteiger partial charge in [0, 0.05) is 24.7 Å². The molecule has 3 heterocycles. The molecule has 0 fully saturated rings. The Balaban J connectivity index is 1.57. The molecular weight excluding hydrogens is 274 g/mol. The highest BCUT2D eigenvalue weighted by Crippen LogP contribution is 2.24. The predicted molar refractivity (Wildman–Crippen MR) is 76.6 cm³/mol. The molecule has 0 aromatic carbocycles. The third-order valence-corrected chi connectivity index (χ3v) is 4.21. The van der Waals surface area contributed by atoms with Gasteiger partial charge in [-0.1, -0.05) is 6.07 Å². The molecule has 20 heavy (non-hydrogen) atoms. The minimum Gasteiger partial charge on any atom is -0.370 e. The van der Waals surface area contributed by atoms with Crippen LogP contribution in [0, 0.1) is 0 Å². The van der Waals surface area contributed by atoms with Gasteiger partial charge in [0.25, 0.3) is 0 Å². The number of aromatic nitrogens is 2. The Hall–Kier alpha value is -1.66. The average Bonchev–Trinajstić information content (AvgIpc) is 3.04. The Labute approximate surface area is 121 Å². The molecule has 0 saturated carbocycles. The minimum absolute atomic E-state index is 0.0269. The number of nitrogens with zero attached hydrogens (tertiary/aromatic N) is 2. The van der Waals surface area contributed by atoms with E-state index in [1.54, 1.807) is 16.0 Å². The number of nitrogens with one attached hydrogen (secondary N) is 1. The van der Waals surface area contributed by atoms with Crippen molar-refractivity contribution in [3.63, 3.8) is 0 Å². The van der Waals surface area contributed by atoms with Gasteiger partial charge in [0.2, 0.25) is 5.91 Å². The number of rotatable bonds is 4. The molecule has 0 aliphatic carbocycles. The zero-order valence-electron chi connectivity index (χ0n) is 11.3. The number of carbonyl (C=O) groups excluding carboxylic acids is 1. The van der Waals surface area contributed by atoms with Gasteiger partial charge in [-0.15, -0.1) is 11.3 Å². The summed E-state index contributed by atoms with van der Waals surface area (Å²) in [6, 6.07) is 3.93. The quantitative estimate of drug-likeness (QED) is 0.927. The molecule has 0 spiro atoms. The van der Waals surface area contributed by atoms with E-state index in [1.807, 2.05) is 30.8 Å². The zero-order chi connectivity index (χ0) is 13.9. The van der Waals surface area contributed by atoms with Gasteiger partial charge in [-0.05, 0) is 23.4 Å². The zero-order valence-corrected chi connectivity index (χ0v) is 12.2. The standard InChI is InChI=1S/C14H17N3O2S/c1-17-9-10-4-5-19-12(14(10)16-17)8-15-13(18)7-11-3-2-6-20-11/h2-3,6,9,12H,4-5,7-8H2,1H3,(H,15,18)/t12-/m1/s1. The van der Waals surface area contributed by atoms with Crippen molar-refractivity contribution in [1.82, 2.24) is 15.1 Å². The van der Waals surface area contributed by atoms with Crippen LogP contribution in [0.2, 0.25) is 0 Å². The number of amides is 1. The number of hydrogen-bond donors (Lipinski definition) is 1. The topological polar surface area (TPSA) is 56.2 Å². The molecule has 0 radical (unpaired) electrons. The van der Waals surface area contributed by atoms with Crippen molar-refractivity contribution in [1.29, 1.82) is 0 Å². The molecule has 3 rings (SSSR count). The van der Waals surface area contributed by atoms with E-state index in [0.29, 0.717) is 19.6 Å². The lowest BCUT2D eigenvalue weighted by molar-refractivity contribution is -0.121. The first-order valence-electron chi connectivity index (χ1n) is 6.65.